The zero-order valence-electron chi connectivity index (χ0n) is 10.4. The van der Waals surface area contributed by atoms with Gasteiger partial charge in [-0.05, 0) is 25.0 Å². The first kappa shape index (κ1) is 15.9. The average Bonchev–Trinajstić information content (AvgIpc) is 2.37. The van der Waals surface area contributed by atoms with Crippen molar-refractivity contribution in [3.05, 3.63) is 29.0 Å². The van der Waals surface area contributed by atoms with E-state index in [1.54, 1.807) is 0 Å². The number of pyridine rings is 1. The third kappa shape index (κ3) is 4.85. The molecule has 7 nitrogen and oxygen atoms in total. The van der Waals surface area contributed by atoms with E-state index in [-0.39, 0.29) is 30.0 Å². The van der Waals surface area contributed by atoms with E-state index in [2.05, 4.69) is 10.3 Å². The highest BCUT2D eigenvalue weighted by molar-refractivity contribution is 6.32. The SMILES string of the molecule is O=C(O)CCC[C@@H](NC(=O)c1cccnc1Cl)C(=O)O. The smallest absolute Gasteiger partial charge is 0.326 e. The maximum atomic E-state index is 11.9. The molecule has 0 radical (unpaired) electrons. The maximum Gasteiger partial charge on any atom is 0.326 e. The number of aromatic nitrogens is 1. The van der Waals surface area contributed by atoms with Crippen LogP contribution in [0.2, 0.25) is 5.15 Å². The first-order chi connectivity index (χ1) is 9.41. The van der Waals surface area contributed by atoms with Crippen LogP contribution >= 0.6 is 11.6 Å². The van der Waals surface area contributed by atoms with Crippen molar-refractivity contribution >= 4 is 29.4 Å². The topological polar surface area (TPSA) is 117 Å². The van der Waals surface area contributed by atoms with Gasteiger partial charge in [-0.3, -0.25) is 9.59 Å². The molecule has 0 aliphatic heterocycles. The van der Waals surface area contributed by atoms with Crippen LogP contribution in [0.3, 0.4) is 0 Å². The van der Waals surface area contributed by atoms with Crippen LogP contribution in [0, 0.1) is 0 Å². The summed E-state index contributed by atoms with van der Waals surface area (Å²) in [6.07, 6.45) is 1.41. The van der Waals surface area contributed by atoms with Crippen molar-refractivity contribution < 1.29 is 24.6 Å². The van der Waals surface area contributed by atoms with E-state index in [1.807, 2.05) is 0 Å². The summed E-state index contributed by atoms with van der Waals surface area (Å²) in [4.78, 5) is 37.0. The molecule has 1 heterocycles. The molecule has 0 saturated carbocycles. The predicted molar refractivity (Wildman–Crippen MR) is 69.6 cm³/mol. The lowest BCUT2D eigenvalue weighted by Crippen LogP contribution is -2.41. The van der Waals surface area contributed by atoms with Crippen molar-refractivity contribution in [2.45, 2.75) is 25.3 Å². The molecule has 0 aliphatic carbocycles. The Balaban J connectivity index is 2.66. The summed E-state index contributed by atoms with van der Waals surface area (Å²) in [6, 6.07) is 1.75. The molecule has 0 aliphatic rings. The third-order valence-corrected chi connectivity index (χ3v) is 2.79. The second-order valence-corrected chi connectivity index (χ2v) is 4.35. The lowest BCUT2D eigenvalue weighted by Gasteiger charge is -2.14. The first-order valence-electron chi connectivity index (χ1n) is 5.77. The van der Waals surface area contributed by atoms with Gasteiger partial charge in [-0.1, -0.05) is 11.6 Å². The van der Waals surface area contributed by atoms with Gasteiger partial charge in [0.05, 0.1) is 5.56 Å². The number of rotatable bonds is 7. The average molecular weight is 301 g/mol. The van der Waals surface area contributed by atoms with Gasteiger partial charge in [-0.2, -0.15) is 0 Å². The van der Waals surface area contributed by atoms with E-state index in [1.165, 1.54) is 18.3 Å². The zero-order valence-corrected chi connectivity index (χ0v) is 11.1. The van der Waals surface area contributed by atoms with Crippen LogP contribution in [0.4, 0.5) is 0 Å². The number of carboxylic acid groups (broad SMARTS) is 2. The number of nitrogens with one attached hydrogen (secondary N) is 1. The summed E-state index contributed by atoms with van der Waals surface area (Å²) in [6.45, 7) is 0. The minimum absolute atomic E-state index is 0.0191. The number of carbonyl (C=O) groups excluding carboxylic acids is 1. The Morgan fingerprint density at radius 2 is 2.05 bits per heavy atom. The Hall–Kier alpha value is -2.15. The van der Waals surface area contributed by atoms with Crippen LogP contribution in [-0.2, 0) is 9.59 Å². The van der Waals surface area contributed by atoms with Crippen LogP contribution in [0.25, 0.3) is 0 Å². The molecule has 108 valence electrons. The van der Waals surface area contributed by atoms with Gasteiger partial charge >= 0.3 is 11.9 Å². The first-order valence-corrected chi connectivity index (χ1v) is 6.15. The molecule has 0 fully saturated rings. The Morgan fingerprint density at radius 1 is 1.35 bits per heavy atom. The van der Waals surface area contributed by atoms with Crippen molar-refractivity contribution in [3.8, 4) is 0 Å². The molecule has 1 amide bonds. The zero-order chi connectivity index (χ0) is 15.1. The summed E-state index contributed by atoms with van der Waals surface area (Å²) in [7, 11) is 0. The molecule has 8 heteroatoms. The van der Waals surface area contributed by atoms with E-state index in [9.17, 15) is 14.4 Å². The second kappa shape index (κ2) is 7.44. The summed E-state index contributed by atoms with van der Waals surface area (Å²) < 4.78 is 0. The van der Waals surface area contributed by atoms with Gasteiger partial charge < -0.3 is 15.5 Å². The number of nitrogens with zero attached hydrogens (tertiary/aromatic N) is 1. The van der Waals surface area contributed by atoms with Crippen molar-refractivity contribution in [1.82, 2.24) is 10.3 Å². The van der Waals surface area contributed by atoms with Crippen LogP contribution < -0.4 is 5.32 Å². The van der Waals surface area contributed by atoms with Gasteiger partial charge in [-0.15, -0.1) is 0 Å². The molecule has 0 bridgehead atoms. The molecule has 1 atom stereocenters. The van der Waals surface area contributed by atoms with Crippen LogP contribution in [-0.4, -0.2) is 39.1 Å². The van der Waals surface area contributed by atoms with Crippen molar-refractivity contribution in [2.24, 2.45) is 0 Å². The van der Waals surface area contributed by atoms with Crippen molar-refractivity contribution in [3.63, 3.8) is 0 Å². The highest BCUT2D eigenvalue weighted by atomic mass is 35.5. The summed E-state index contributed by atoms with van der Waals surface area (Å²) in [5, 5.41) is 19.8. The molecule has 0 saturated heterocycles. The van der Waals surface area contributed by atoms with Gasteiger partial charge in [0.2, 0.25) is 0 Å². The maximum absolute atomic E-state index is 11.9. The van der Waals surface area contributed by atoms with E-state index in [4.69, 9.17) is 21.8 Å². The number of carboxylic acids is 2. The second-order valence-electron chi connectivity index (χ2n) is 3.99. The number of hydrogen-bond acceptors (Lipinski definition) is 4. The molecule has 1 aromatic heterocycles. The molecule has 1 rings (SSSR count). The third-order valence-electron chi connectivity index (χ3n) is 2.49. The van der Waals surface area contributed by atoms with E-state index in [0.717, 1.165) is 0 Å². The lowest BCUT2D eigenvalue weighted by atomic mass is 10.1. The van der Waals surface area contributed by atoms with E-state index >= 15 is 0 Å². The highest BCUT2D eigenvalue weighted by Crippen LogP contribution is 2.12. The van der Waals surface area contributed by atoms with Crippen LogP contribution in [0.15, 0.2) is 18.3 Å². The monoisotopic (exact) mass is 300 g/mol. The number of halogens is 1. The highest BCUT2D eigenvalue weighted by Gasteiger charge is 2.22. The number of amides is 1. The van der Waals surface area contributed by atoms with E-state index < -0.39 is 23.9 Å². The van der Waals surface area contributed by atoms with Crippen molar-refractivity contribution in [1.29, 1.82) is 0 Å². The summed E-state index contributed by atoms with van der Waals surface area (Å²) >= 11 is 5.73. The molecule has 1 aromatic rings. The standard InChI is InChI=1S/C12H13ClN2O5/c13-10-7(3-2-6-14-10)11(18)15-8(12(19)20)4-1-5-9(16)17/h2-3,6,8H,1,4-5H2,(H,15,18)(H,16,17)(H,19,20)/t8-/m1/s1. The fraction of sp³-hybridized carbons (Fsp3) is 0.333. The van der Waals surface area contributed by atoms with Gasteiger partial charge in [0.25, 0.3) is 5.91 Å². The van der Waals surface area contributed by atoms with Crippen LogP contribution in [0.1, 0.15) is 29.6 Å². The van der Waals surface area contributed by atoms with Gasteiger partial charge in [0.1, 0.15) is 11.2 Å². The minimum atomic E-state index is -1.23. The molecule has 20 heavy (non-hydrogen) atoms. The Kier molecular flexibility index (Phi) is 5.92. The van der Waals surface area contributed by atoms with Crippen LogP contribution in [0.5, 0.6) is 0 Å². The minimum Gasteiger partial charge on any atom is -0.481 e. The molecule has 0 spiro atoms. The largest absolute Gasteiger partial charge is 0.481 e. The normalized spacial score (nSPS) is 11.7. The molecule has 3 N–H and O–H groups in total. The number of aliphatic carboxylic acids is 2. The fourth-order valence-electron chi connectivity index (χ4n) is 1.51. The molecule has 0 unspecified atom stereocenters. The number of carbonyl (C=O) groups is 3. The Bertz CT molecular complexity index is 520. The lowest BCUT2D eigenvalue weighted by molar-refractivity contribution is -0.140. The molecular formula is C12H13ClN2O5. The van der Waals surface area contributed by atoms with E-state index in [0.29, 0.717) is 0 Å². The molecular weight excluding hydrogens is 288 g/mol. The van der Waals surface area contributed by atoms with Crippen molar-refractivity contribution in [2.75, 3.05) is 0 Å². The quantitative estimate of drug-likeness (QED) is 0.651. The van der Waals surface area contributed by atoms with Gasteiger partial charge in [-0.25, -0.2) is 9.78 Å². The molecule has 0 aromatic carbocycles. The Labute approximate surface area is 119 Å². The number of hydrogen-bond donors (Lipinski definition) is 3. The summed E-state index contributed by atoms with van der Waals surface area (Å²) in [5.74, 6) is -2.91. The Morgan fingerprint density at radius 3 is 2.60 bits per heavy atom. The summed E-state index contributed by atoms with van der Waals surface area (Å²) in [5.41, 5.74) is 0.0682. The van der Waals surface area contributed by atoms with Gasteiger partial charge in [0, 0.05) is 12.6 Å². The van der Waals surface area contributed by atoms with Gasteiger partial charge in [0.15, 0.2) is 0 Å². The predicted octanol–water partition coefficient (Wildman–Crippen LogP) is 1.17. The fourth-order valence-corrected chi connectivity index (χ4v) is 1.71.